The molecule has 1 N–H and O–H groups in total. The van der Waals surface area contributed by atoms with Gasteiger partial charge in [-0.3, -0.25) is 4.79 Å². The lowest BCUT2D eigenvalue weighted by Crippen LogP contribution is -2.33. The number of amides is 1. The molecule has 6 heteroatoms. The molecule has 3 aromatic rings. The van der Waals surface area contributed by atoms with Crippen molar-refractivity contribution < 1.29 is 4.79 Å². The molecule has 1 saturated carbocycles. The molecule has 30 heavy (non-hydrogen) atoms. The van der Waals surface area contributed by atoms with Gasteiger partial charge in [-0.25, -0.2) is 0 Å². The first kappa shape index (κ1) is 20.5. The highest BCUT2D eigenvalue weighted by Crippen LogP contribution is 2.27. The molecule has 1 aliphatic carbocycles. The van der Waals surface area contributed by atoms with Crippen molar-refractivity contribution in [2.45, 2.75) is 38.3 Å². The summed E-state index contributed by atoms with van der Waals surface area (Å²) >= 11 is 12.2. The van der Waals surface area contributed by atoms with Crippen LogP contribution in [0.15, 0.2) is 54.2 Å². The second kappa shape index (κ2) is 8.95. The first-order valence-corrected chi connectivity index (χ1v) is 10.7. The van der Waals surface area contributed by atoms with E-state index in [1.54, 1.807) is 12.1 Å². The molecule has 0 saturated heterocycles. The van der Waals surface area contributed by atoms with E-state index in [1.165, 1.54) is 0 Å². The van der Waals surface area contributed by atoms with Crippen LogP contribution < -0.4 is 5.32 Å². The summed E-state index contributed by atoms with van der Waals surface area (Å²) < 4.78 is 2.09. The summed E-state index contributed by atoms with van der Waals surface area (Å²) in [5.41, 5.74) is 2.99. The Bertz CT molecular complexity index is 1170. The fourth-order valence-electron chi connectivity index (χ4n) is 3.99. The van der Waals surface area contributed by atoms with Gasteiger partial charge in [0, 0.05) is 35.2 Å². The zero-order valence-corrected chi connectivity index (χ0v) is 17.9. The number of carbonyl (C=O) groups is 1. The maximum Gasteiger partial charge on any atom is 0.262 e. The van der Waals surface area contributed by atoms with Crippen LogP contribution >= 0.6 is 23.2 Å². The molecule has 0 bridgehead atoms. The molecule has 0 radical (unpaired) electrons. The van der Waals surface area contributed by atoms with Crippen molar-refractivity contribution >= 4 is 46.1 Å². The van der Waals surface area contributed by atoms with Crippen molar-refractivity contribution in [1.29, 1.82) is 5.26 Å². The van der Waals surface area contributed by atoms with Crippen molar-refractivity contribution in [3.8, 4) is 6.07 Å². The molecule has 2 aromatic carbocycles. The smallest absolute Gasteiger partial charge is 0.262 e. The van der Waals surface area contributed by atoms with Gasteiger partial charge in [-0.15, -0.1) is 0 Å². The molecule has 1 fully saturated rings. The average molecular weight is 438 g/mol. The van der Waals surface area contributed by atoms with Gasteiger partial charge >= 0.3 is 0 Å². The third-order valence-corrected chi connectivity index (χ3v) is 6.25. The minimum Gasteiger partial charge on any atom is -0.349 e. The molecule has 0 unspecified atom stereocenters. The summed E-state index contributed by atoms with van der Waals surface area (Å²) in [6.07, 6.45) is 7.85. The second-order valence-corrected chi connectivity index (χ2v) is 8.42. The zero-order valence-electron chi connectivity index (χ0n) is 16.4. The number of hydrogen-bond acceptors (Lipinski definition) is 2. The molecule has 1 aromatic heterocycles. The second-order valence-electron chi connectivity index (χ2n) is 7.60. The van der Waals surface area contributed by atoms with Crippen molar-refractivity contribution in [3.05, 3.63) is 75.4 Å². The number of para-hydroxylation sites is 1. The number of benzene rings is 2. The Kier molecular flexibility index (Phi) is 6.13. The van der Waals surface area contributed by atoms with E-state index >= 15 is 0 Å². The number of carbonyl (C=O) groups excluding carboxylic acids is 1. The van der Waals surface area contributed by atoms with E-state index in [0.29, 0.717) is 16.6 Å². The van der Waals surface area contributed by atoms with Crippen LogP contribution in [-0.2, 0) is 11.3 Å². The normalized spacial score (nSPS) is 14.8. The summed E-state index contributed by atoms with van der Waals surface area (Å²) in [6.45, 7) is 0.599. The molecule has 0 spiro atoms. The zero-order chi connectivity index (χ0) is 21.1. The molecule has 0 aliphatic heterocycles. The van der Waals surface area contributed by atoms with Crippen LogP contribution in [0.3, 0.4) is 0 Å². The summed E-state index contributed by atoms with van der Waals surface area (Å²) in [7, 11) is 0. The third-order valence-electron chi connectivity index (χ3n) is 5.51. The van der Waals surface area contributed by atoms with Crippen molar-refractivity contribution in [3.63, 3.8) is 0 Å². The summed E-state index contributed by atoms with van der Waals surface area (Å²) in [5, 5.41) is 14.6. The average Bonchev–Trinajstić information content (AvgIpc) is 3.37. The lowest BCUT2D eigenvalue weighted by molar-refractivity contribution is -0.117. The Morgan fingerprint density at radius 2 is 1.93 bits per heavy atom. The number of aromatic nitrogens is 1. The molecule has 152 valence electrons. The molecular formula is C24H21Cl2N3O. The summed E-state index contributed by atoms with van der Waals surface area (Å²) in [4.78, 5) is 12.6. The Balaban J connectivity index is 1.67. The van der Waals surface area contributed by atoms with Gasteiger partial charge in [0.15, 0.2) is 0 Å². The van der Waals surface area contributed by atoms with E-state index in [4.69, 9.17) is 23.2 Å². The van der Waals surface area contributed by atoms with Crippen LogP contribution in [0.4, 0.5) is 0 Å². The largest absolute Gasteiger partial charge is 0.349 e. The first-order chi connectivity index (χ1) is 14.5. The predicted molar refractivity (Wildman–Crippen MR) is 121 cm³/mol. The third kappa shape index (κ3) is 4.38. The Hall–Kier alpha value is -2.74. The molecule has 0 atom stereocenters. The van der Waals surface area contributed by atoms with Gasteiger partial charge < -0.3 is 9.88 Å². The highest BCUT2D eigenvalue weighted by atomic mass is 35.5. The first-order valence-electron chi connectivity index (χ1n) is 9.99. The van der Waals surface area contributed by atoms with Crippen LogP contribution in [0.5, 0.6) is 0 Å². The van der Waals surface area contributed by atoms with Gasteiger partial charge in [0.1, 0.15) is 11.6 Å². The highest BCUT2D eigenvalue weighted by molar-refractivity contribution is 6.42. The van der Waals surface area contributed by atoms with Crippen LogP contribution in [-0.4, -0.2) is 16.5 Å². The van der Waals surface area contributed by atoms with Crippen LogP contribution in [0.2, 0.25) is 10.0 Å². The molecular weight excluding hydrogens is 417 g/mol. The van der Waals surface area contributed by atoms with E-state index in [-0.39, 0.29) is 17.5 Å². The molecule has 1 amide bonds. The Morgan fingerprint density at radius 3 is 2.67 bits per heavy atom. The monoisotopic (exact) mass is 437 g/mol. The van der Waals surface area contributed by atoms with Crippen molar-refractivity contribution in [1.82, 2.24) is 9.88 Å². The quantitative estimate of drug-likeness (QED) is 0.395. The number of fused-ring (bicyclic) bond motifs is 1. The van der Waals surface area contributed by atoms with E-state index in [9.17, 15) is 10.1 Å². The van der Waals surface area contributed by atoms with Gasteiger partial charge in [0.2, 0.25) is 0 Å². The number of nitrogens with zero attached hydrogens (tertiary/aromatic N) is 2. The fourth-order valence-corrected chi connectivity index (χ4v) is 4.31. The number of hydrogen-bond donors (Lipinski definition) is 1. The Morgan fingerprint density at radius 1 is 1.17 bits per heavy atom. The van der Waals surface area contributed by atoms with Gasteiger partial charge in [0.05, 0.1) is 10.0 Å². The molecule has 1 aliphatic rings. The SMILES string of the molecule is N#C/C(=C/c1cn(Cc2ccc(Cl)c(Cl)c2)c2ccccc12)C(=O)NC1CCCC1. The highest BCUT2D eigenvalue weighted by Gasteiger charge is 2.20. The maximum absolute atomic E-state index is 12.6. The van der Waals surface area contributed by atoms with Gasteiger partial charge in [0.25, 0.3) is 5.91 Å². The summed E-state index contributed by atoms with van der Waals surface area (Å²) in [5.74, 6) is -0.300. The summed E-state index contributed by atoms with van der Waals surface area (Å²) in [6, 6.07) is 15.8. The van der Waals surface area contributed by atoms with E-state index in [1.807, 2.05) is 42.6 Å². The van der Waals surface area contributed by atoms with Crippen molar-refractivity contribution in [2.75, 3.05) is 0 Å². The van der Waals surface area contributed by atoms with E-state index in [0.717, 1.165) is 47.7 Å². The minimum absolute atomic E-state index is 0.124. The Labute approximate surface area is 185 Å². The van der Waals surface area contributed by atoms with E-state index in [2.05, 4.69) is 16.0 Å². The minimum atomic E-state index is -0.300. The molecule has 1 heterocycles. The lowest BCUT2D eigenvalue weighted by Gasteiger charge is -2.10. The van der Waals surface area contributed by atoms with Crippen LogP contribution in [0.25, 0.3) is 17.0 Å². The number of nitriles is 1. The van der Waals surface area contributed by atoms with Gasteiger partial charge in [-0.05, 0) is 42.7 Å². The fraction of sp³-hybridized carbons (Fsp3) is 0.250. The number of nitrogens with one attached hydrogen (secondary N) is 1. The number of rotatable bonds is 5. The number of halogens is 2. The standard InChI is InChI=1S/C24H21Cl2N3O/c25-21-10-9-16(11-22(21)26)14-29-15-18(20-7-3-4-8-23(20)29)12-17(13-27)24(30)28-19-5-1-2-6-19/h3-4,7-12,15,19H,1-2,5-6,14H2,(H,28,30)/b17-12-. The predicted octanol–water partition coefficient (Wildman–Crippen LogP) is 5.96. The van der Waals surface area contributed by atoms with Crippen LogP contribution in [0.1, 0.15) is 36.8 Å². The van der Waals surface area contributed by atoms with Gasteiger partial charge in [-0.2, -0.15) is 5.26 Å². The van der Waals surface area contributed by atoms with Crippen LogP contribution in [0, 0.1) is 11.3 Å². The molecule has 4 nitrogen and oxygen atoms in total. The van der Waals surface area contributed by atoms with Gasteiger partial charge in [-0.1, -0.05) is 60.3 Å². The lowest BCUT2D eigenvalue weighted by atomic mass is 10.1. The topological polar surface area (TPSA) is 57.8 Å². The molecule has 4 rings (SSSR count). The van der Waals surface area contributed by atoms with E-state index < -0.39 is 0 Å². The maximum atomic E-state index is 12.6. The van der Waals surface area contributed by atoms with Crippen molar-refractivity contribution in [2.24, 2.45) is 0 Å².